The molecular formula is C22H30N6OS. The number of nitrogens with zero attached hydrogens (tertiary/aromatic N) is 5. The Hall–Kier alpha value is -2.03. The molecule has 3 aromatic rings. The summed E-state index contributed by atoms with van der Waals surface area (Å²) in [5, 5.41) is 5.24. The Bertz CT molecular complexity index is 1040. The molecule has 7 nitrogen and oxygen atoms in total. The van der Waals surface area contributed by atoms with E-state index in [4.69, 9.17) is 15.2 Å². The summed E-state index contributed by atoms with van der Waals surface area (Å²) >= 11 is 1.83. The predicted molar refractivity (Wildman–Crippen MR) is 120 cm³/mol. The first-order chi connectivity index (χ1) is 14.5. The molecule has 30 heavy (non-hydrogen) atoms. The van der Waals surface area contributed by atoms with E-state index in [0.29, 0.717) is 5.82 Å². The van der Waals surface area contributed by atoms with Crippen molar-refractivity contribution in [2.45, 2.75) is 46.1 Å². The summed E-state index contributed by atoms with van der Waals surface area (Å²) in [6, 6.07) is 2.02. The molecule has 1 saturated heterocycles. The molecule has 0 saturated carbocycles. The lowest BCUT2D eigenvalue weighted by molar-refractivity contribution is 0.125. The number of nitrogen functional groups attached to an aromatic ring is 1. The second-order valence-corrected chi connectivity index (χ2v) is 9.94. The van der Waals surface area contributed by atoms with Crippen molar-refractivity contribution in [1.29, 1.82) is 0 Å². The van der Waals surface area contributed by atoms with Crippen molar-refractivity contribution in [3.8, 4) is 0 Å². The van der Waals surface area contributed by atoms with Crippen molar-refractivity contribution in [2.24, 2.45) is 5.92 Å². The van der Waals surface area contributed by atoms with Crippen molar-refractivity contribution in [1.82, 2.24) is 24.9 Å². The van der Waals surface area contributed by atoms with Crippen LogP contribution in [0.1, 0.15) is 41.1 Å². The zero-order chi connectivity index (χ0) is 20.7. The fraction of sp³-hybridized carbons (Fsp3) is 0.591. The van der Waals surface area contributed by atoms with Crippen LogP contribution < -0.4 is 5.73 Å². The Morgan fingerprint density at radius 3 is 2.77 bits per heavy atom. The molecule has 160 valence electrons. The Morgan fingerprint density at radius 1 is 1.20 bits per heavy atom. The quantitative estimate of drug-likeness (QED) is 0.671. The van der Waals surface area contributed by atoms with Gasteiger partial charge in [0.15, 0.2) is 0 Å². The van der Waals surface area contributed by atoms with E-state index >= 15 is 0 Å². The smallest absolute Gasteiger partial charge is 0.136 e. The van der Waals surface area contributed by atoms with E-state index in [1.54, 1.807) is 0 Å². The topological polar surface area (TPSA) is 84.3 Å². The van der Waals surface area contributed by atoms with E-state index in [1.165, 1.54) is 16.9 Å². The molecule has 8 heteroatoms. The van der Waals surface area contributed by atoms with Gasteiger partial charge >= 0.3 is 0 Å². The lowest BCUT2D eigenvalue weighted by Crippen LogP contribution is -2.46. The number of fused-ring (bicyclic) bond motifs is 3. The van der Waals surface area contributed by atoms with Crippen LogP contribution in [0, 0.1) is 12.8 Å². The number of hydrogen-bond acceptors (Lipinski definition) is 8. The SMILES string of the molecule is Cc1cc(CN2CCN(CCc3nc(N)c4c5c(sc4n3)CC(C)CC5)CC2)no1. The highest BCUT2D eigenvalue weighted by atomic mass is 32.1. The second-order valence-electron chi connectivity index (χ2n) is 8.85. The maximum absolute atomic E-state index is 6.38. The highest BCUT2D eigenvalue weighted by Gasteiger charge is 2.23. The highest BCUT2D eigenvalue weighted by molar-refractivity contribution is 7.19. The van der Waals surface area contributed by atoms with Gasteiger partial charge in [0.05, 0.1) is 11.1 Å². The summed E-state index contributed by atoms with van der Waals surface area (Å²) in [4.78, 5) is 17.1. The molecule has 0 bridgehead atoms. The molecule has 1 fully saturated rings. The molecule has 1 aliphatic heterocycles. The summed E-state index contributed by atoms with van der Waals surface area (Å²) in [6.07, 6.45) is 4.36. The van der Waals surface area contributed by atoms with Crippen LogP contribution in [0.4, 0.5) is 5.82 Å². The average molecular weight is 427 g/mol. The number of rotatable bonds is 5. The summed E-state index contributed by atoms with van der Waals surface area (Å²) < 4.78 is 5.18. The molecule has 4 heterocycles. The van der Waals surface area contributed by atoms with Crippen LogP contribution in [0.2, 0.25) is 0 Å². The Morgan fingerprint density at radius 2 is 2.00 bits per heavy atom. The van der Waals surface area contributed by atoms with Crippen LogP contribution in [0.3, 0.4) is 0 Å². The first-order valence-corrected chi connectivity index (χ1v) is 11.8. The third kappa shape index (κ3) is 4.08. The second kappa shape index (κ2) is 8.24. The Balaban J connectivity index is 1.19. The van der Waals surface area contributed by atoms with Gasteiger partial charge in [-0.1, -0.05) is 12.1 Å². The summed E-state index contributed by atoms with van der Waals surface area (Å²) in [7, 11) is 0. The average Bonchev–Trinajstić information content (AvgIpc) is 3.29. The van der Waals surface area contributed by atoms with E-state index in [9.17, 15) is 0 Å². The third-order valence-corrected chi connectivity index (χ3v) is 7.56. The zero-order valence-electron chi connectivity index (χ0n) is 17.9. The fourth-order valence-corrected chi connectivity index (χ4v) is 6.09. The number of nitrogens with two attached hydrogens (primary N) is 1. The lowest BCUT2D eigenvalue weighted by atomic mass is 9.89. The molecule has 2 N–H and O–H groups in total. The largest absolute Gasteiger partial charge is 0.383 e. The molecule has 1 aliphatic carbocycles. The van der Waals surface area contributed by atoms with Crippen molar-refractivity contribution < 1.29 is 4.52 Å². The number of anilines is 1. The van der Waals surface area contributed by atoms with Gasteiger partial charge in [-0.3, -0.25) is 4.90 Å². The lowest BCUT2D eigenvalue weighted by Gasteiger charge is -2.34. The van der Waals surface area contributed by atoms with E-state index in [1.807, 2.05) is 24.3 Å². The van der Waals surface area contributed by atoms with Crippen molar-refractivity contribution in [3.05, 3.63) is 33.8 Å². The number of hydrogen-bond donors (Lipinski definition) is 1. The highest BCUT2D eigenvalue weighted by Crippen LogP contribution is 2.39. The summed E-state index contributed by atoms with van der Waals surface area (Å²) in [5.41, 5.74) is 8.82. The minimum absolute atomic E-state index is 0.676. The van der Waals surface area contributed by atoms with Crippen molar-refractivity contribution in [3.63, 3.8) is 0 Å². The third-order valence-electron chi connectivity index (χ3n) is 6.41. The first-order valence-electron chi connectivity index (χ1n) is 11.0. The normalized spacial score (nSPS) is 20.7. The van der Waals surface area contributed by atoms with E-state index < -0.39 is 0 Å². The molecule has 1 unspecified atom stereocenters. The number of piperazine rings is 1. The monoisotopic (exact) mass is 426 g/mol. The van der Waals surface area contributed by atoms with Gasteiger partial charge in [0.25, 0.3) is 0 Å². The molecule has 0 aromatic carbocycles. The molecule has 0 spiro atoms. The van der Waals surface area contributed by atoms with E-state index in [2.05, 4.69) is 26.9 Å². The number of aromatic nitrogens is 3. The van der Waals surface area contributed by atoms with Crippen LogP contribution in [0.15, 0.2) is 10.6 Å². The standard InChI is InChI=1S/C22H30N6OS/c1-14-3-4-17-18(11-14)30-22-20(17)21(23)24-19(25-22)5-6-27-7-9-28(10-8-27)13-16-12-15(2)29-26-16/h12,14H,3-11,13H2,1-2H3,(H2,23,24,25). The van der Waals surface area contributed by atoms with Gasteiger partial charge in [0.1, 0.15) is 22.2 Å². The van der Waals surface area contributed by atoms with Crippen LogP contribution in [-0.2, 0) is 25.8 Å². The van der Waals surface area contributed by atoms with Gasteiger partial charge in [0.2, 0.25) is 0 Å². The molecule has 3 aromatic heterocycles. The van der Waals surface area contributed by atoms with Gasteiger partial charge in [-0.2, -0.15) is 0 Å². The zero-order valence-corrected chi connectivity index (χ0v) is 18.7. The van der Waals surface area contributed by atoms with E-state index in [-0.39, 0.29) is 0 Å². The molecule has 2 aliphatic rings. The number of aryl methyl sites for hydroxylation is 2. The molecule has 0 amide bonds. The van der Waals surface area contributed by atoms with Crippen molar-refractivity contribution in [2.75, 3.05) is 38.5 Å². The van der Waals surface area contributed by atoms with Crippen LogP contribution >= 0.6 is 11.3 Å². The van der Waals surface area contributed by atoms with Crippen LogP contribution in [0.5, 0.6) is 0 Å². The van der Waals surface area contributed by atoms with Gasteiger partial charge < -0.3 is 15.2 Å². The van der Waals surface area contributed by atoms with E-state index in [0.717, 1.165) is 91.9 Å². The molecular weight excluding hydrogens is 396 g/mol. The predicted octanol–water partition coefficient (Wildman–Crippen LogP) is 3.06. The van der Waals surface area contributed by atoms with Gasteiger partial charge in [-0.05, 0) is 37.7 Å². The summed E-state index contributed by atoms with van der Waals surface area (Å²) in [5.74, 6) is 3.19. The summed E-state index contributed by atoms with van der Waals surface area (Å²) in [6.45, 7) is 10.3. The number of thiophene rings is 1. The minimum atomic E-state index is 0.676. The van der Waals surface area contributed by atoms with Crippen LogP contribution in [0.25, 0.3) is 10.2 Å². The van der Waals surface area contributed by atoms with Gasteiger partial charge in [0, 0.05) is 56.6 Å². The molecule has 5 rings (SSSR count). The molecule has 0 radical (unpaired) electrons. The van der Waals surface area contributed by atoms with Crippen LogP contribution in [-0.4, -0.2) is 57.6 Å². The Kier molecular flexibility index (Phi) is 5.47. The van der Waals surface area contributed by atoms with Gasteiger partial charge in [-0.25, -0.2) is 9.97 Å². The Labute approximate surface area is 181 Å². The molecule has 1 atom stereocenters. The maximum Gasteiger partial charge on any atom is 0.136 e. The fourth-order valence-electron chi connectivity index (χ4n) is 4.68. The van der Waals surface area contributed by atoms with Crippen molar-refractivity contribution >= 4 is 27.4 Å². The minimum Gasteiger partial charge on any atom is -0.383 e. The van der Waals surface area contributed by atoms with Gasteiger partial charge in [-0.15, -0.1) is 11.3 Å². The first kappa shape index (κ1) is 19.9. The maximum atomic E-state index is 6.38.